The molecule has 1 radical (unpaired) electrons. The van der Waals surface area contributed by atoms with Gasteiger partial charge in [0.05, 0.1) is 0 Å². The van der Waals surface area contributed by atoms with Crippen LogP contribution in [-0.2, 0) is 35.6 Å². The molecule has 0 aromatic rings. The Kier molecular flexibility index (Phi) is 120. The first kappa shape index (κ1) is 28.6. The van der Waals surface area contributed by atoms with Crippen molar-refractivity contribution >= 4 is 55.1 Å². The molecule has 0 saturated heterocycles. The Labute approximate surface area is 91.9 Å². The predicted molar refractivity (Wildman–Crippen MR) is 17.9 cm³/mol. The fourth-order valence-corrected chi connectivity index (χ4v) is 0. The summed E-state index contributed by atoms with van der Waals surface area (Å²) >= 11 is 0. The molecule has 0 saturated carbocycles. The number of hydrogen-bond acceptors (Lipinski definition) is 0. The molecule has 0 nitrogen and oxygen atoms in total. The van der Waals surface area contributed by atoms with Crippen LogP contribution < -0.4 is 0 Å². The number of hydrogen-bond donors (Lipinski definition) is 0. The van der Waals surface area contributed by atoms with Crippen LogP contribution in [0.15, 0.2) is 0 Å². The Bertz CT molecular complexity index is 13.5. The van der Waals surface area contributed by atoms with Gasteiger partial charge in [-0.15, -0.1) is 0 Å². The van der Waals surface area contributed by atoms with E-state index in [9.17, 15) is 0 Å². The first-order chi connectivity index (χ1) is 0. The first-order valence-corrected chi connectivity index (χ1v) is 0. The van der Waals surface area contributed by atoms with Gasteiger partial charge in [-0.25, -0.2) is 0 Å². The Hall–Kier alpha value is 2.90. The van der Waals surface area contributed by atoms with E-state index in [-0.39, 0.29) is 93.6 Å². The molecule has 0 rings (SSSR count). The van der Waals surface area contributed by atoms with E-state index in [1.165, 1.54) is 0 Å². The summed E-state index contributed by atoms with van der Waals surface area (Å²) < 4.78 is 0. The second kappa shape index (κ2) is 16.9. The molecule has 0 amide bonds. The van der Waals surface area contributed by atoms with Gasteiger partial charge in [0.2, 0.25) is 0 Å². The van der Waals surface area contributed by atoms with Crippen molar-refractivity contribution in [2.75, 3.05) is 0 Å². The van der Waals surface area contributed by atoms with Crippen LogP contribution in [0, 0.1) is 0 Å². The Morgan fingerprint density at radius 3 is 1.25 bits per heavy atom. The van der Waals surface area contributed by atoms with E-state index >= 15 is 0 Å². The average Bonchev–Trinajstić information content (AvgIpc) is 0. The van der Waals surface area contributed by atoms with Crippen molar-refractivity contribution in [1.29, 1.82) is 0 Å². The van der Waals surface area contributed by atoms with E-state index in [2.05, 4.69) is 0 Å². The van der Waals surface area contributed by atoms with E-state index in [1.54, 1.807) is 0 Å². The maximum Gasteiger partial charge on any atom is 2.00 e. The number of rotatable bonds is 0. The third-order valence-electron chi connectivity index (χ3n) is 0. The summed E-state index contributed by atoms with van der Waals surface area (Å²) in [5.74, 6) is 0. The quantitative estimate of drug-likeness (QED) is 0.403. The zero-order chi connectivity index (χ0) is 0. The molecule has 0 bridgehead atoms. The van der Waals surface area contributed by atoms with Crippen molar-refractivity contribution in [3.05, 3.63) is 0 Å². The molecule has 0 spiro atoms. The minimum absolute atomic E-state index is 0. The van der Waals surface area contributed by atoms with Crippen LogP contribution in [0.1, 0.15) is 2.85 Å². The first-order valence-electron chi connectivity index (χ1n) is 0. The molecule has 0 heterocycles. The molecular formula is H5AlCaFeV. The van der Waals surface area contributed by atoms with Gasteiger partial charge in [0, 0.05) is 35.6 Å². The van der Waals surface area contributed by atoms with Crippen LogP contribution in [0.4, 0.5) is 0 Å². The van der Waals surface area contributed by atoms with E-state index in [0.29, 0.717) is 0 Å². The van der Waals surface area contributed by atoms with Crippen molar-refractivity contribution in [2.24, 2.45) is 0 Å². The van der Waals surface area contributed by atoms with Gasteiger partial charge < -0.3 is 2.85 Å². The molecule has 0 N–H and O–H groups in total. The average molecular weight is 179 g/mol. The fraction of sp³-hybridized carbons (Fsp3) is 0. The Balaban J connectivity index is 0. The van der Waals surface area contributed by atoms with Crippen LogP contribution in [0.5, 0.6) is 0 Å². The van der Waals surface area contributed by atoms with Gasteiger partial charge in [-0.05, 0) is 0 Å². The minimum Gasteiger partial charge on any atom is -1.00 e. The molecule has 0 aliphatic heterocycles. The molecule has 0 atom stereocenters. The zero-order valence-corrected chi connectivity index (χ0v) is 6.22. The van der Waals surface area contributed by atoms with Crippen molar-refractivity contribution in [3.8, 4) is 0 Å². The Morgan fingerprint density at radius 2 is 1.25 bits per heavy atom. The van der Waals surface area contributed by atoms with Crippen LogP contribution in [0.25, 0.3) is 0 Å². The maximum atomic E-state index is 0. The third kappa shape index (κ3) is 8.86. The fourth-order valence-electron chi connectivity index (χ4n) is 0. The van der Waals surface area contributed by atoms with E-state index in [1.807, 2.05) is 0 Å². The molecule has 4 heteroatoms. The largest absolute Gasteiger partial charge is 2.00 e. The summed E-state index contributed by atoms with van der Waals surface area (Å²) in [5.41, 5.74) is 0. The van der Waals surface area contributed by atoms with E-state index in [4.69, 9.17) is 0 Å². The molecule has 0 unspecified atom stereocenters. The molecule has 0 aromatic carbocycles. The summed E-state index contributed by atoms with van der Waals surface area (Å²) in [4.78, 5) is 0. The maximum absolute atomic E-state index is 0. The summed E-state index contributed by atoms with van der Waals surface area (Å²) in [5, 5.41) is 0. The summed E-state index contributed by atoms with van der Waals surface area (Å²) in [6.07, 6.45) is 0. The summed E-state index contributed by atoms with van der Waals surface area (Å²) in [6, 6.07) is 0. The monoisotopic (exact) mass is 179 g/mol. The third-order valence-corrected chi connectivity index (χ3v) is 0. The molecule has 0 aliphatic carbocycles. The van der Waals surface area contributed by atoms with Crippen molar-refractivity contribution in [1.82, 2.24) is 0 Å². The zero-order valence-electron chi connectivity index (χ0n) is 3.51. The smallest absolute Gasteiger partial charge is 1.00 e. The van der Waals surface area contributed by atoms with E-state index in [0.717, 1.165) is 0 Å². The van der Waals surface area contributed by atoms with Gasteiger partial charge in [0.15, 0.2) is 17.4 Å². The molecule has 4 heavy (non-hydrogen) atoms. The van der Waals surface area contributed by atoms with Crippen LogP contribution in [0.3, 0.4) is 0 Å². The Morgan fingerprint density at radius 1 is 1.25 bits per heavy atom. The summed E-state index contributed by atoms with van der Waals surface area (Å²) in [7, 11) is 0. The predicted octanol–water partition coefficient (Wildman–Crippen LogP) is -1.34. The standard InChI is InChI=1S/Al.Ca.Fe.V.5H/q;+2;;;;;;2*-1. The van der Waals surface area contributed by atoms with Gasteiger partial charge in [-0.1, -0.05) is 0 Å². The summed E-state index contributed by atoms with van der Waals surface area (Å²) in [6.45, 7) is 0. The van der Waals surface area contributed by atoms with Gasteiger partial charge in [0.1, 0.15) is 0 Å². The molecule has 23 valence electrons. The van der Waals surface area contributed by atoms with Gasteiger partial charge in [-0.3, -0.25) is 0 Å². The van der Waals surface area contributed by atoms with Gasteiger partial charge >= 0.3 is 37.7 Å². The van der Waals surface area contributed by atoms with Crippen LogP contribution in [-0.4, -0.2) is 55.1 Å². The van der Waals surface area contributed by atoms with Crippen LogP contribution in [0.2, 0.25) is 0 Å². The van der Waals surface area contributed by atoms with E-state index < -0.39 is 0 Å². The molecule has 0 fully saturated rings. The van der Waals surface area contributed by atoms with Gasteiger partial charge in [0.25, 0.3) is 0 Å². The van der Waals surface area contributed by atoms with Crippen molar-refractivity contribution < 1.29 is 38.5 Å². The van der Waals surface area contributed by atoms with Gasteiger partial charge in [-0.2, -0.15) is 0 Å². The second-order valence-electron chi connectivity index (χ2n) is 0. The SMILES string of the molecule is [AlH3].[Ca+2].[Fe].[H-].[H-].[V]. The van der Waals surface area contributed by atoms with Crippen LogP contribution >= 0.6 is 0 Å². The molecule has 0 aromatic heterocycles. The minimum atomic E-state index is 0. The normalized spacial score (nSPS) is 0. The molecule has 0 aliphatic rings. The molecular weight excluding hydrogens is 174 g/mol. The second-order valence-corrected chi connectivity index (χ2v) is 0. The topological polar surface area (TPSA) is 0 Å². The van der Waals surface area contributed by atoms with Crippen molar-refractivity contribution in [3.63, 3.8) is 0 Å². The van der Waals surface area contributed by atoms with Crippen molar-refractivity contribution in [2.45, 2.75) is 0 Å².